The molecule has 6 nitrogen and oxygen atoms in total. The van der Waals surface area contributed by atoms with Crippen LogP contribution in [0.3, 0.4) is 0 Å². The molecule has 2 rings (SSSR count). The zero-order valence-corrected chi connectivity index (χ0v) is 13.3. The SMILES string of the molecule is Cc1cc(Br)ccc1NC(=O)COc1cccc([N+](=O)[O-])c1. The predicted molar refractivity (Wildman–Crippen MR) is 86.1 cm³/mol. The smallest absolute Gasteiger partial charge is 0.273 e. The highest BCUT2D eigenvalue weighted by molar-refractivity contribution is 9.10. The number of benzene rings is 2. The van der Waals surface area contributed by atoms with E-state index in [0.29, 0.717) is 5.69 Å². The van der Waals surface area contributed by atoms with Crippen LogP contribution in [0.2, 0.25) is 0 Å². The van der Waals surface area contributed by atoms with E-state index in [1.54, 1.807) is 12.1 Å². The van der Waals surface area contributed by atoms with Crippen LogP contribution in [-0.4, -0.2) is 17.4 Å². The van der Waals surface area contributed by atoms with E-state index >= 15 is 0 Å². The fourth-order valence-electron chi connectivity index (χ4n) is 1.79. The number of rotatable bonds is 5. The molecule has 0 saturated carbocycles. The number of hydrogen-bond acceptors (Lipinski definition) is 4. The van der Waals surface area contributed by atoms with Crippen molar-refractivity contribution in [2.24, 2.45) is 0 Å². The van der Waals surface area contributed by atoms with Crippen molar-refractivity contribution < 1.29 is 14.5 Å². The monoisotopic (exact) mass is 364 g/mol. The molecular weight excluding hydrogens is 352 g/mol. The number of amides is 1. The standard InChI is InChI=1S/C15H13BrN2O4/c1-10-7-11(16)5-6-14(10)17-15(19)9-22-13-4-2-3-12(8-13)18(20)21/h2-8H,9H2,1H3,(H,17,19). The van der Waals surface area contributed by atoms with Crippen LogP contribution in [0.5, 0.6) is 5.75 Å². The van der Waals surface area contributed by atoms with Gasteiger partial charge in [0.25, 0.3) is 11.6 Å². The number of carbonyl (C=O) groups is 1. The molecule has 0 atom stereocenters. The number of halogens is 1. The second kappa shape index (κ2) is 7.04. The molecule has 1 amide bonds. The number of ether oxygens (including phenoxy) is 1. The molecule has 0 bridgehead atoms. The Labute approximate surface area is 135 Å². The van der Waals surface area contributed by atoms with E-state index in [-0.39, 0.29) is 24.0 Å². The van der Waals surface area contributed by atoms with Gasteiger partial charge in [0.1, 0.15) is 5.75 Å². The van der Waals surface area contributed by atoms with Gasteiger partial charge in [-0.3, -0.25) is 14.9 Å². The summed E-state index contributed by atoms with van der Waals surface area (Å²) < 4.78 is 6.20. The van der Waals surface area contributed by atoms with Crippen LogP contribution in [0.15, 0.2) is 46.9 Å². The number of anilines is 1. The van der Waals surface area contributed by atoms with Gasteiger partial charge in [-0.25, -0.2) is 0 Å². The average molecular weight is 365 g/mol. The van der Waals surface area contributed by atoms with E-state index in [9.17, 15) is 14.9 Å². The molecule has 0 aromatic heterocycles. The second-order valence-corrected chi connectivity index (χ2v) is 5.47. The third-order valence-corrected chi connectivity index (χ3v) is 3.35. The van der Waals surface area contributed by atoms with Crippen molar-refractivity contribution in [1.29, 1.82) is 0 Å². The fraction of sp³-hybridized carbons (Fsp3) is 0.133. The van der Waals surface area contributed by atoms with Crippen molar-refractivity contribution >= 4 is 33.2 Å². The summed E-state index contributed by atoms with van der Waals surface area (Å²) in [5.74, 6) is -0.0613. The maximum atomic E-state index is 11.9. The number of hydrogen-bond donors (Lipinski definition) is 1. The van der Waals surface area contributed by atoms with Gasteiger partial charge >= 0.3 is 0 Å². The van der Waals surface area contributed by atoms with Gasteiger partial charge in [0.15, 0.2) is 6.61 Å². The van der Waals surface area contributed by atoms with Crippen LogP contribution in [0.25, 0.3) is 0 Å². The zero-order chi connectivity index (χ0) is 16.1. The highest BCUT2D eigenvalue weighted by Gasteiger charge is 2.09. The Balaban J connectivity index is 1.95. The van der Waals surface area contributed by atoms with Gasteiger partial charge in [0.05, 0.1) is 11.0 Å². The summed E-state index contributed by atoms with van der Waals surface area (Å²) in [5, 5.41) is 13.4. The Bertz CT molecular complexity index is 718. The summed E-state index contributed by atoms with van der Waals surface area (Å²) in [6.45, 7) is 1.65. The predicted octanol–water partition coefficient (Wildman–Crippen LogP) is 3.68. The maximum Gasteiger partial charge on any atom is 0.273 e. The maximum absolute atomic E-state index is 11.9. The highest BCUT2D eigenvalue weighted by Crippen LogP contribution is 2.21. The van der Waals surface area contributed by atoms with E-state index < -0.39 is 4.92 Å². The molecule has 0 unspecified atom stereocenters. The van der Waals surface area contributed by atoms with Gasteiger partial charge in [-0.15, -0.1) is 0 Å². The first-order valence-corrected chi connectivity index (χ1v) is 7.18. The molecule has 0 fully saturated rings. The van der Waals surface area contributed by atoms with Crippen molar-refractivity contribution in [3.8, 4) is 5.75 Å². The average Bonchev–Trinajstić information content (AvgIpc) is 2.48. The quantitative estimate of drug-likeness (QED) is 0.647. The normalized spacial score (nSPS) is 10.1. The van der Waals surface area contributed by atoms with Gasteiger partial charge in [-0.05, 0) is 36.8 Å². The Morgan fingerprint density at radius 1 is 1.32 bits per heavy atom. The van der Waals surface area contributed by atoms with E-state index in [1.165, 1.54) is 18.2 Å². The number of nitrogens with zero attached hydrogens (tertiary/aromatic N) is 1. The summed E-state index contributed by atoms with van der Waals surface area (Å²) >= 11 is 3.35. The highest BCUT2D eigenvalue weighted by atomic mass is 79.9. The van der Waals surface area contributed by atoms with Crippen molar-refractivity contribution in [3.63, 3.8) is 0 Å². The Morgan fingerprint density at radius 3 is 2.77 bits per heavy atom. The topological polar surface area (TPSA) is 81.5 Å². The van der Waals surface area contributed by atoms with Crippen molar-refractivity contribution in [2.75, 3.05) is 11.9 Å². The number of nitro benzene ring substituents is 1. The Hall–Kier alpha value is -2.41. The van der Waals surface area contributed by atoms with E-state index in [4.69, 9.17) is 4.74 Å². The molecule has 114 valence electrons. The van der Waals surface area contributed by atoms with E-state index in [0.717, 1.165) is 10.0 Å². The third-order valence-electron chi connectivity index (χ3n) is 2.86. The van der Waals surface area contributed by atoms with E-state index in [1.807, 2.05) is 19.1 Å². The molecular formula is C15H13BrN2O4. The van der Waals surface area contributed by atoms with E-state index in [2.05, 4.69) is 21.2 Å². The summed E-state index contributed by atoms with van der Waals surface area (Å²) in [4.78, 5) is 22.0. The summed E-state index contributed by atoms with van der Waals surface area (Å²) in [6.07, 6.45) is 0. The molecule has 2 aromatic carbocycles. The molecule has 0 spiro atoms. The fourth-order valence-corrected chi connectivity index (χ4v) is 2.26. The first-order valence-electron chi connectivity index (χ1n) is 6.39. The minimum atomic E-state index is -0.516. The van der Waals surface area contributed by atoms with Crippen LogP contribution in [0, 0.1) is 17.0 Å². The summed E-state index contributed by atoms with van der Waals surface area (Å²) in [7, 11) is 0. The third kappa shape index (κ3) is 4.29. The molecule has 0 aliphatic carbocycles. The van der Waals surface area contributed by atoms with Gasteiger partial charge < -0.3 is 10.1 Å². The van der Waals surface area contributed by atoms with Gasteiger partial charge in [0, 0.05) is 16.2 Å². The van der Waals surface area contributed by atoms with Crippen LogP contribution < -0.4 is 10.1 Å². The minimum absolute atomic E-state index is 0.0818. The lowest BCUT2D eigenvalue weighted by Crippen LogP contribution is -2.20. The largest absolute Gasteiger partial charge is 0.484 e. The molecule has 7 heteroatoms. The van der Waals surface area contributed by atoms with Crippen LogP contribution in [-0.2, 0) is 4.79 Å². The minimum Gasteiger partial charge on any atom is -0.484 e. The van der Waals surface area contributed by atoms with Crippen molar-refractivity contribution in [3.05, 3.63) is 62.6 Å². The second-order valence-electron chi connectivity index (χ2n) is 4.55. The van der Waals surface area contributed by atoms with Crippen LogP contribution in [0.1, 0.15) is 5.56 Å². The number of carbonyl (C=O) groups excluding carboxylic acids is 1. The number of nitro groups is 1. The molecule has 0 radical (unpaired) electrons. The molecule has 0 saturated heterocycles. The molecule has 1 N–H and O–H groups in total. The summed E-state index contributed by atoms with van der Waals surface area (Å²) in [5.41, 5.74) is 1.52. The lowest BCUT2D eigenvalue weighted by molar-refractivity contribution is -0.384. The first-order chi connectivity index (χ1) is 10.5. The number of non-ortho nitro benzene ring substituents is 1. The van der Waals surface area contributed by atoms with Crippen LogP contribution in [0.4, 0.5) is 11.4 Å². The Kier molecular flexibility index (Phi) is 5.11. The molecule has 0 aliphatic heterocycles. The van der Waals surface area contributed by atoms with Gasteiger partial charge in [0.2, 0.25) is 0 Å². The summed E-state index contributed by atoms with van der Waals surface area (Å²) in [6, 6.07) is 11.2. The number of aryl methyl sites for hydroxylation is 1. The molecule has 2 aromatic rings. The van der Waals surface area contributed by atoms with Gasteiger partial charge in [-0.2, -0.15) is 0 Å². The van der Waals surface area contributed by atoms with Crippen molar-refractivity contribution in [2.45, 2.75) is 6.92 Å². The first kappa shape index (κ1) is 16.0. The molecule has 0 aliphatic rings. The lowest BCUT2D eigenvalue weighted by Gasteiger charge is -2.10. The molecule has 0 heterocycles. The Morgan fingerprint density at radius 2 is 2.09 bits per heavy atom. The van der Waals surface area contributed by atoms with Gasteiger partial charge in [-0.1, -0.05) is 22.0 Å². The van der Waals surface area contributed by atoms with Crippen molar-refractivity contribution in [1.82, 2.24) is 0 Å². The molecule has 22 heavy (non-hydrogen) atoms. The lowest BCUT2D eigenvalue weighted by atomic mass is 10.2. The zero-order valence-electron chi connectivity index (χ0n) is 11.7. The number of nitrogens with one attached hydrogen (secondary N) is 1. The van der Waals surface area contributed by atoms with Crippen LogP contribution >= 0.6 is 15.9 Å².